The zero-order valence-electron chi connectivity index (χ0n) is 18.4. The van der Waals surface area contributed by atoms with Crippen LogP contribution < -0.4 is 0 Å². The second-order valence-corrected chi connectivity index (χ2v) is 9.91. The van der Waals surface area contributed by atoms with Crippen LogP contribution in [-0.4, -0.2) is 16.1 Å². The largest absolute Gasteiger partial charge is 0.616 e. The quantitative estimate of drug-likeness (QED) is 0.135. The lowest BCUT2D eigenvalue weighted by atomic mass is 10.1. The van der Waals surface area contributed by atoms with Gasteiger partial charge in [-0.3, -0.25) is 0 Å². The Hall–Kier alpha value is 0.310. The summed E-state index contributed by atoms with van der Waals surface area (Å²) in [5, 5.41) is 0. The summed E-state index contributed by atoms with van der Waals surface area (Å²) in [5.74, 6) is 1.90. The summed E-state index contributed by atoms with van der Waals surface area (Å²) in [7, 11) is 0. The summed E-state index contributed by atoms with van der Waals surface area (Å²) in [5.41, 5.74) is 0. The Morgan fingerprint density at radius 2 is 0.615 bits per heavy atom. The van der Waals surface area contributed by atoms with E-state index >= 15 is 0 Å². The van der Waals surface area contributed by atoms with E-state index in [4.69, 9.17) is 0 Å². The normalized spacial score (nSPS) is 11.5. The molecule has 0 spiro atoms. The summed E-state index contributed by atoms with van der Waals surface area (Å²) >= 11 is -0.545. The maximum atomic E-state index is 12.0. The van der Waals surface area contributed by atoms with Gasteiger partial charge in [0.15, 0.2) is 0 Å². The predicted octanol–water partition coefficient (Wildman–Crippen LogP) is 8.58. The van der Waals surface area contributed by atoms with E-state index in [2.05, 4.69) is 13.8 Å². The molecule has 0 aromatic heterocycles. The van der Waals surface area contributed by atoms with Crippen molar-refractivity contribution < 1.29 is 4.55 Å². The fourth-order valence-electron chi connectivity index (χ4n) is 3.60. The molecule has 0 saturated heterocycles. The second kappa shape index (κ2) is 23.3. The first kappa shape index (κ1) is 26.3. The Kier molecular flexibility index (Phi) is 23.6. The molecule has 2 heteroatoms. The molecule has 0 bridgehead atoms. The lowest BCUT2D eigenvalue weighted by molar-refractivity contribution is 0.552. The van der Waals surface area contributed by atoms with Gasteiger partial charge in [0.25, 0.3) is 0 Å². The van der Waals surface area contributed by atoms with Crippen molar-refractivity contribution in [2.24, 2.45) is 0 Å². The van der Waals surface area contributed by atoms with Crippen LogP contribution in [0.2, 0.25) is 0 Å². The van der Waals surface area contributed by atoms with Gasteiger partial charge in [-0.25, -0.2) is 0 Å². The average Bonchev–Trinajstić information content (AvgIpc) is 2.64. The van der Waals surface area contributed by atoms with E-state index in [0.29, 0.717) is 0 Å². The minimum atomic E-state index is -0.545. The van der Waals surface area contributed by atoms with Crippen LogP contribution in [0.3, 0.4) is 0 Å². The van der Waals surface area contributed by atoms with Crippen LogP contribution >= 0.6 is 0 Å². The number of unbranched alkanes of at least 4 members (excludes halogenated alkanes) is 18. The summed E-state index contributed by atoms with van der Waals surface area (Å²) in [4.78, 5) is 0. The van der Waals surface area contributed by atoms with Crippen LogP contribution in [0.5, 0.6) is 0 Å². The molecule has 0 aliphatic carbocycles. The summed E-state index contributed by atoms with van der Waals surface area (Å²) in [6.45, 7) is 4.56. The standard InChI is InChI=1S/C24H50OS/c1-3-5-7-9-11-13-15-17-19-21-23-26(25)24-22-20-18-16-14-12-10-8-6-4-2/h3-24H2,1-2H3. The molecule has 0 rings (SSSR count). The highest BCUT2D eigenvalue weighted by Gasteiger charge is 2.05. The molecule has 0 aromatic carbocycles. The third kappa shape index (κ3) is 22.4. The Bertz CT molecular complexity index is 220. The van der Waals surface area contributed by atoms with Gasteiger partial charge in [0.1, 0.15) is 11.5 Å². The molecule has 158 valence electrons. The monoisotopic (exact) mass is 386 g/mol. The molecule has 0 fully saturated rings. The zero-order chi connectivity index (χ0) is 19.1. The summed E-state index contributed by atoms with van der Waals surface area (Å²) in [6, 6.07) is 0. The van der Waals surface area contributed by atoms with Crippen LogP contribution in [-0.2, 0) is 11.2 Å². The van der Waals surface area contributed by atoms with Gasteiger partial charge in [-0.15, -0.1) is 0 Å². The summed E-state index contributed by atoms with van der Waals surface area (Å²) < 4.78 is 12.0. The SMILES string of the molecule is CCCCCCCCCCCC[S+]([O-])CCCCCCCCCCCC. The number of rotatable bonds is 22. The van der Waals surface area contributed by atoms with E-state index in [9.17, 15) is 4.55 Å². The van der Waals surface area contributed by atoms with Crippen LogP contribution in [0.15, 0.2) is 0 Å². The van der Waals surface area contributed by atoms with Crippen molar-refractivity contribution >= 4 is 11.2 Å². The molecule has 0 unspecified atom stereocenters. The number of hydrogen-bond acceptors (Lipinski definition) is 1. The lowest BCUT2D eigenvalue weighted by Gasteiger charge is -2.11. The molecule has 0 aliphatic rings. The minimum Gasteiger partial charge on any atom is -0.616 e. The van der Waals surface area contributed by atoms with Crippen LogP contribution in [0.1, 0.15) is 142 Å². The van der Waals surface area contributed by atoms with Crippen molar-refractivity contribution in [2.75, 3.05) is 11.5 Å². The van der Waals surface area contributed by atoms with Crippen molar-refractivity contribution in [3.05, 3.63) is 0 Å². The Balaban J connectivity index is 3.12. The Morgan fingerprint density at radius 3 is 0.885 bits per heavy atom. The van der Waals surface area contributed by atoms with Crippen LogP contribution in [0, 0.1) is 0 Å². The fourth-order valence-corrected chi connectivity index (χ4v) is 4.86. The molecule has 0 N–H and O–H groups in total. The maximum absolute atomic E-state index is 12.0. The molecule has 0 saturated carbocycles. The third-order valence-corrected chi connectivity index (χ3v) is 6.94. The molecular formula is C24H50OS. The first-order valence-corrected chi connectivity index (χ1v) is 13.6. The van der Waals surface area contributed by atoms with Gasteiger partial charge in [-0.05, 0) is 25.7 Å². The smallest absolute Gasteiger partial charge is 0.105 e. The van der Waals surface area contributed by atoms with E-state index in [-0.39, 0.29) is 0 Å². The van der Waals surface area contributed by atoms with Gasteiger partial charge in [0, 0.05) is 0 Å². The first-order chi connectivity index (χ1) is 12.8. The van der Waals surface area contributed by atoms with Gasteiger partial charge in [0.05, 0.1) is 0 Å². The number of hydrogen-bond donors (Lipinski definition) is 0. The molecule has 0 aromatic rings. The van der Waals surface area contributed by atoms with Crippen LogP contribution in [0.25, 0.3) is 0 Å². The van der Waals surface area contributed by atoms with E-state index in [1.807, 2.05) is 0 Å². The van der Waals surface area contributed by atoms with E-state index in [1.165, 1.54) is 128 Å². The van der Waals surface area contributed by atoms with Gasteiger partial charge in [-0.2, -0.15) is 0 Å². The van der Waals surface area contributed by atoms with Crippen molar-refractivity contribution in [3.63, 3.8) is 0 Å². The van der Waals surface area contributed by atoms with Crippen molar-refractivity contribution in [1.82, 2.24) is 0 Å². The van der Waals surface area contributed by atoms with Crippen molar-refractivity contribution in [2.45, 2.75) is 142 Å². The summed E-state index contributed by atoms with van der Waals surface area (Å²) in [6.07, 6.45) is 27.3. The van der Waals surface area contributed by atoms with Crippen LogP contribution in [0.4, 0.5) is 0 Å². The minimum absolute atomic E-state index is 0.545. The van der Waals surface area contributed by atoms with Crippen molar-refractivity contribution in [3.8, 4) is 0 Å². The van der Waals surface area contributed by atoms with Gasteiger partial charge < -0.3 is 4.55 Å². The molecule has 0 atom stereocenters. The van der Waals surface area contributed by atoms with Gasteiger partial charge in [-0.1, -0.05) is 128 Å². The highest BCUT2D eigenvalue weighted by molar-refractivity contribution is 7.91. The molecular weight excluding hydrogens is 336 g/mol. The Labute approximate surface area is 169 Å². The fraction of sp³-hybridized carbons (Fsp3) is 1.00. The zero-order valence-corrected chi connectivity index (χ0v) is 19.2. The van der Waals surface area contributed by atoms with E-state index in [1.54, 1.807) is 0 Å². The van der Waals surface area contributed by atoms with E-state index in [0.717, 1.165) is 11.5 Å². The highest BCUT2D eigenvalue weighted by Crippen LogP contribution is 2.13. The lowest BCUT2D eigenvalue weighted by Crippen LogP contribution is -2.11. The molecule has 0 aliphatic heterocycles. The van der Waals surface area contributed by atoms with E-state index < -0.39 is 11.2 Å². The van der Waals surface area contributed by atoms with Gasteiger partial charge >= 0.3 is 0 Å². The topological polar surface area (TPSA) is 23.1 Å². The third-order valence-electron chi connectivity index (χ3n) is 5.45. The molecule has 1 nitrogen and oxygen atoms in total. The first-order valence-electron chi connectivity index (χ1n) is 12.2. The molecule has 0 amide bonds. The predicted molar refractivity (Wildman–Crippen MR) is 122 cm³/mol. The van der Waals surface area contributed by atoms with Gasteiger partial charge in [0.2, 0.25) is 0 Å². The molecule has 0 heterocycles. The Morgan fingerprint density at radius 1 is 0.385 bits per heavy atom. The second-order valence-electron chi connectivity index (χ2n) is 8.21. The van der Waals surface area contributed by atoms with Crippen molar-refractivity contribution in [1.29, 1.82) is 0 Å². The molecule has 26 heavy (non-hydrogen) atoms. The highest BCUT2D eigenvalue weighted by atomic mass is 32.2. The average molecular weight is 387 g/mol. The molecule has 0 radical (unpaired) electrons. The maximum Gasteiger partial charge on any atom is 0.105 e.